The van der Waals surface area contributed by atoms with E-state index in [1.165, 1.54) is 0 Å². The van der Waals surface area contributed by atoms with Crippen LogP contribution in [0.1, 0.15) is 38.5 Å². The van der Waals surface area contributed by atoms with Crippen molar-refractivity contribution in [2.24, 2.45) is 5.73 Å². The highest BCUT2D eigenvalue weighted by atomic mass is 32.2. The number of aliphatic carboxylic acids is 1. The van der Waals surface area contributed by atoms with Gasteiger partial charge in [0.15, 0.2) is 0 Å². The molecule has 6 N–H and O–H groups in total. The summed E-state index contributed by atoms with van der Waals surface area (Å²) in [7, 11) is 0. The summed E-state index contributed by atoms with van der Waals surface area (Å²) in [4.78, 5) is 36.1. The number of carbonyl (C=O) groups is 3. The minimum atomic E-state index is -1.07. The predicted molar refractivity (Wildman–Crippen MR) is 98.4 cm³/mol. The third-order valence-electron chi connectivity index (χ3n) is 4.18. The zero-order valence-corrected chi connectivity index (χ0v) is 15.6. The smallest absolute Gasteiger partial charge is 0.326 e. The molecule has 0 aromatic rings. The van der Waals surface area contributed by atoms with Crippen LogP contribution in [0.25, 0.3) is 0 Å². The predicted octanol–water partition coefficient (Wildman–Crippen LogP) is -0.325. The van der Waals surface area contributed by atoms with Gasteiger partial charge in [-0.2, -0.15) is 11.8 Å². The van der Waals surface area contributed by atoms with Crippen LogP contribution in [0.3, 0.4) is 0 Å². The lowest BCUT2D eigenvalue weighted by Gasteiger charge is -2.22. The number of unbranched alkanes of at least 4 members (excludes halogenated alkanes) is 1. The van der Waals surface area contributed by atoms with E-state index in [9.17, 15) is 19.5 Å². The van der Waals surface area contributed by atoms with Crippen LogP contribution in [0.4, 0.5) is 0 Å². The standard InChI is InChI=1S/C16H30N4O4S/c1-25-10-7-12(19-14(21)11-6-4-9-18-11)15(22)20-13(16(23)24)5-2-3-8-17/h11-13,18H,2-10,17H2,1H3,(H,19,21)(H,20,22)(H,23,24)/t11-,12-,13-/m0/s1. The largest absolute Gasteiger partial charge is 0.480 e. The molecular weight excluding hydrogens is 344 g/mol. The van der Waals surface area contributed by atoms with Crippen LogP contribution in [0.5, 0.6) is 0 Å². The highest BCUT2D eigenvalue weighted by Gasteiger charge is 2.29. The van der Waals surface area contributed by atoms with E-state index in [4.69, 9.17) is 5.73 Å². The van der Waals surface area contributed by atoms with Gasteiger partial charge in [-0.25, -0.2) is 4.79 Å². The highest BCUT2D eigenvalue weighted by Crippen LogP contribution is 2.08. The van der Waals surface area contributed by atoms with Gasteiger partial charge in [0.05, 0.1) is 6.04 Å². The van der Waals surface area contributed by atoms with Gasteiger partial charge in [-0.3, -0.25) is 9.59 Å². The Morgan fingerprint density at radius 3 is 2.56 bits per heavy atom. The van der Waals surface area contributed by atoms with Gasteiger partial charge >= 0.3 is 5.97 Å². The van der Waals surface area contributed by atoms with E-state index in [1.54, 1.807) is 11.8 Å². The molecule has 2 amide bonds. The van der Waals surface area contributed by atoms with Gasteiger partial charge in [0.2, 0.25) is 11.8 Å². The number of carbonyl (C=O) groups excluding carboxylic acids is 2. The fourth-order valence-corrected chi connectivity index (χ4v) is 3.18. The second-order valence-electron chi connectivity index (χ2n) is 6.18. The molecule has 0 aromatic heterocycles. The Labute approximate surface area is 153 Å². The molecule has 8 nitrogen and oxygen atoms in total. The van der Waals surface area contributed by atoms with Crippen LogP contribution in [-0.2, 0) is 14.4 Å². The summed E-state index contributed by atoms with van der Waals surface area (Å²) in [6.45, 7) is 1.28. The number of nitrogens with two attached hydrogens (primary N) is 1. The third kappa shape index (κ3) is 8.06. The molecule has 144 valence electrons. The molecule has 0 unspecified atom stereocenters. The number of carboxylic acids is 1. The maximum Gasteiger partial charge on any atom is 0.326 e. The Morgan fingerprint density at radius 2 is 2.00 bits per heavy atom. The van der Waals surface area contributed by atoms with Crippen LogP contribution in [-0.4, -0.2) is 66.1 Å². The normalized spacial score (nSPS) is 19.2. The van der Waals surface area contributed by atoms with Crippen molar-refractivity contribution in [1.29, 1.82) is 0 Å². The van der Waals surface area contributed by atoms with Crippen molar-refractivity contribution in [1.82, 2.24) is 16.0 Å². The Morgan fingerprint density at radius 1 is 1.24 bits per heavy atom. The summed E-state index contributed by atoms with van der Waals surface area (Å²) in [5, 5.41) is 17.7. The summed E-state index contributed by atoms with van der Waals surface area (Å²) >= 11 is 1.57. The molecule has 0 aromatic carbocycles. The van der Waals surface area contributed by atoms with Crippen LogP contribution >= 0.6 is 11.8 Å². The van der Waals surface area contributed by atoms with Crippen LogP contribution in [0, 0.1) is 0 Å². The molecule has 0 saturated carbocycles. The molecule has 1 saturated heterocycles. The first-order valence-electron chi connectivity index (χ1n) is 8.75. The van der Waals surface area contributed by atoms with Gasteiger partial charge in [0.25, 0.3) is 0 Å². The molecule has 0 spiro atoms. The monoisotopic (exact) mass is 374 g/mol. The topological polar surface area (TPSA) is 134 Å². The van der Waals surface area contributed by atoms with E-state index in [0.29, 0.717) is 38.0 Å². The van der Waals surface area contributed by atoms with Crippen molar-refractivity contribution in [3.05, 3.63) is 0 Å². The maximum atomic E-state index is 12.5. The Hall–Kier alpha value is -1.32. The van der Waals surface area contributed by atoms with Crippen LogP contribution in [0.15, 0.2) is 0 Å². The average Bonchev–Trinajstić information content (AvgIpc) is 3.12. The lowest BCUT2D eigenvalue weighted by Crippen LogP contribution is -2.54. The second kappa shape index (κ2) is 12.1. The number of amides is 2. The first-order chi connectivity index (χ1) is 12.0. The van der Waals surface area contributed by atoms with Gasteiger partial charge in [0, 0.05) is 0 Å². The maximum absolute atomic E-state index is 12.5. The number of hydrogen-bond acceptors (Lipinski definition) is 6. The van der Waals surface area contributed by atoms with Crippen molar-refractivity contribution in [2.75, 3.05) is 25.1 Å². The van der Waals surface area contributed by atoms with Gasteiger partial charge in [-0.1, -0.05) is 0 Å². The molecule has 1 aliphatic rings. The summed E-state index contributed by atoms with van der Waals surface area (Å²) in [6.07, 6.45) is 5.72. The van der Waals surface area contributed by atoms with Crippen molar-refractivity contribution in [3.63, 3.8) is 0 Å². The number of carboxylic acid groups (broad SMARTS) is 1. The fourth-order valence-electron chi connectivity index (χ4n) is 2.71. The van der Waals surface area contributed by atoms with Crippen molar-refractivity contribution < 1.29 is 19.5 Å². The SMILES string of the molecule is CSCC[C@H](NC(=O)[C@@H]1CCCN1)C(=O)N[C@@H](CCCCN)C(=O)O. The van der Waals surface area contributed by atoms with Crippen molar-refractivity contribution >= 4 is 29.5 Å². The van der Waals surface area contributed by atoms with Crippen LogP contribution < -0.4 is 21.7 Å². The molecule has 9 heteroatoms. The number of nitrogens with one attached hydrogen (secondary N) is 3. The average molecular weight is 375 g/mol. The Bertz CT molecular complexity index is 444. The Balaban J connectivity index is 2.63. The van der Waals surface area contributed by atoms with E-state index in [-0.39, 0.29) is 11.9 Å². The Kier molecular flexibility index (Phi) is 10.5. The zero-order chi connectivity index (χ0) is 18.7. The van der Waals surface area contributed by atoms with Crippen molar-refractivity contribution in [3.8, 4) is 0 Å². The minimum Gasteiger partial charge on any atom is -0.480 e. The quantitative estimate of drug-likeness (QED) is 0.295. The lowest BCUT2D eigenvalue weighted by molar-refractivity contribution is -0.142. The number of hydrogen-bond donors (Lipinski definition) is 5. The lowest BCUT2D eigenvalue weighted by atomic mass is 10.1. The van der Waals surface area contributed by atoms with E-state index >= 15 is 0 Å². The summed E-state index contributed by atoms with van der Waals surface area (Å²) in [5.74, 6) is -1.02. The molecule has 25 heavy (non-hydrogen) atoms. The van der Waals surface area contributed by atoms with Gasteiger partial charge in [-0.05, 0) is 63.6 Å². The molecule has 1 aliphatic heterocycles. The zero-order valence-electron chi connectivity index (χ0n) is 14.8. The van der Waals surface area contributed by atoms with E-state index in [1.807, 2.05) is 6.26 Å². The van der Waals surface area contributed by atoms with E-state index in [0.717, 1.165) is 19.4 Å². The third-order valence-corrected chi connectivity index (χ3v) is 4.83. The first kappa shape index (κ1) is 21.7. The second-order valence-corrected chi connectivity index (χ2v) is 7.16. The molecule has 1 rings (SSSR count). The van der Waals surface area contributed by atoms with Gasteiger partial charge in [0.1, 0.15) is 12.1 Å². The molecule has 0 radical (unpaired) electrons. The molecule has 0 aliphatic carbocycles. The van der Waals surface area contributed by atoms with E-state index in [2.05, 4.69) is 16.0 Å². The molecule has 3 atom stereocenters. The number of rotatable bonds is 12. The van der Waals surface area contributed by atoms with Gasteiger partial charge < -0.3 is 26.8 Å². The molecular formula is C16H30N4O4S. The van der Waals surface area contributed by atoms with E-state index < -0.39 is 24.0 Å². The minimum absolute atomic E-state index is 0.200. The molecule has 1 heterocycles. The highest BCUT2D eigenvalue weighted by molar-refractivity contribution is 7.98. The van der Waals surface area contributed by atoms with Crippen LogP contribution in [0.2, 0.25) is 0 Å². The summed E-state index contributed by atoms with van der Waals surface area (Å²) < 4.78 is 0. The summed E-state index contributed by atoms with van der Waals surface area (Å²) in [5.41, 5.74) is 5.42. The van der Waals surface area contributed by atoms with Gasteiger partial charge in [-0.15, -0.1) is 0 Å². The number of thioether (sulfide) groups is 1. The fraction of sp³-hybridized carbons (Fsp3) is 0.812. The molecule has 1 fully saturated rings. The van der Waals surface area contributed by atoms with Crippen molar-refractivity contribution in [2.45, 2.75) is 56.7 Å². The summed E-state index contributed by atoms with van der Waals surface area (Å²) in [6, 6.07) is -1.96. The first-order valence-corrected chi connectivity index (χ1v) is 10.1. The molecule has 0 bridgehead atoms.